The zero-order valence-electron chi connectivity index (χ0n) is 19.4. The number of hydrogen-bond acceptors (Lipinski definition) is 4. The van der Waals surface area contributed by atoms with Gasteiger partial charge in [0.25, 0.3) is 0 Å². The third-order valence-electron chi connectivity index (χ3n) is 5.67. The summed E-state index contributed by atoms with van der Waals surface area (Å²) in [4.78, 5) is 11.7. The quantitative estimate of drug-likeness (QED) is 0.176. The molecule has 0 heterocycles. The predicted octanol–water partition coefficient (Wildman–Crippen LogP) is 7.94. The molecule has 1 aromatic rings. The van der Waals surface area contributed by atoms with E-state index in [9.17, 15) is 15.0 Å². The van der Waals surface area contributed by atoms with E-state index in [-0.39, 0.29) is 28.6 Å². The number of ether oxygens (including phenoxy) is 1. The van der Waals surface area contributed by atoms with E-state index in [1.807, 2.05) is 0 Å². The summed E-state index contributed by atoms with van der Waals surface area (Å²) in [6, 6.07) is 2.56. The van der Waals surface area contributed by atoms with E-state index in [4.69, 9.17) is 4.74 Å². The van der Waals surface area contributed by atoms with Gasteiger partial charge in [0, 0.05) is 12.1 Å². The van der Waals surface area contributed by atoms with Crippen LogP contribution in [-0.2, 0) is 0 Å². The highest BCUT2D eigenvalue weighted by Gasteiger charge is 2.15. The molecule has 0 spiro atoms. The molecule has 0 saturated heterocycles. The lowest BCUT2D eigenvalue weighted by atomic mass is 10.0. The minimum Gasteiger partial charge on any atom is -0.508 e. The standard InChI is InChI=1S/C26H44O4/c1-3-4-5-6-7-8-9-10-11-12-13-14-15-16-17-18-19-30-25-21-23(28)20-24(29)26(25)22(2)27/h20-21,28-29H,3-19H2,1-2H3. The largest absolute Gasteiger partial charge is 0.508 e. The number of rotatable bonds is 19. The molecule has 0 saturated carbocycles. The first-order chi connectivity index (χ1) is 14.6. The minimum absolute atomic E-state index is 0.0977. The second-order valence-corrected chi connectivity index (χ2v) is 8.55. The van der Waals surface area contributed by atoms with Crippen LogP contribution in [0.2, 0.25) is 0 Å². The Morgan fingerprint density at radius 3 is 1.60 bits per heavy atom. The average Bonchev–Trinajstić information content (AvgIpc) is 2.69. The van der Waals surface area contributed by atoms with Gasteiger partial charge in [0.05, 0.1) is 6.61 Å². The molecule has 0 aromatic heterocycles. The maximum atomic E-state index is 11.7. The van der Waals surface area contributed by atoms with E-state index in [0.29, 0.717) is 6.61 Å². The first-order valence-corrected chi connectivity index (χ1v) is 12.3. The molecule has 0 amide bonds. The Bertz CT molecular complexity index is 583. The molecule has 2 N–H and O–H groups in total. The summed E-state index contributed by atoms with van der Waals surface area (Å²) in [5.74, 6) is -0.334. The number of hydrogen-bond donors (Lipinski definition) is 2. The normalized spacial score (nSPS) is 11.0. The van der Waals surface area contributed by atoms with Gasteiger partial charge in [-0.25, -0.2) is 0 Å². The Morgan fingerprint density at radius 2 is 1.17 bits per heavy atom. The molecular formula is C26H44O4. The van der Waals surface area contributed by atoms with Gasteiger partial charge in [-0.3, -0.25) is 4.79 Å². The number of Topliss-reactive ketones (excluding diaryl/α,β-unsaturated/α-hetero) is 1. The number of ketones is 1. The highest BCUT2D eigenvalue weighted by atomic mass is 16.5. The zero-order chi connectivity index (χ0) is 22.0. The number of carbonyl (C=O) groups is 1. The van der Waals surface area contributed by atoms with Gasteiger partial charge < -0.3 is 14.9 Å². The van der Waals surface area contributed by atoms with Crippen molar-refractivity contribution < 1.29 is 19.7 Å². The second kappa shape index (κ2) is 17.0. The first-order valence-electron chi connectivity index (χ1n) is 12.3. The van der Waals surface area contributed by atoms with Crippen LogP contribution >= 0.6 is 0 Å². The van der Waals surface area contributed by atoms with Gasteiger partial charge in [0.15, 0.2) is 5.78 Å². The SMILES string of the molecule is CCCCCCCCCCCCCCCCCCOc1cc(O)cc(O)c1C(C)=O. The fourth-order valence-corrected chi connectivity index (χ4v) is 3.89. The van der Waals surface area contributed by atoms with E-state index in [1.165, 1.54) is 103 Å². The molecule has 30 heavy (non-hydrogen) atoms. The molecule has 4 nitrogen and oxygen atoms in total. The lowest BCUT2D eigenvalue weighted by molar-refractivity contribution is 0.101. The highest BCUT2D eigenvalue weighted by molar-refractivity contribution is 5.99. The summed E-state index contributed by atoms with van der Waals surface area (Å²) < 4.78 is 5.64. The van der Waals surface area contributed by atoms with Crippen molar-refractivity contribution >= 4 is 5.78 Å². The summed E-state index contributed by atoms with van der Waals surface area (Å²) in [7, 11) is 0. The third-order valence-corrected chi connectivity index (χ3v) is 5.67. The number of benzene rings is 1. The lowest BCUT2D eigenvalue weighted by Gasteiger charge is -2.11. The summed E-state index contributed by atoms with van der Waals surface area (Å²) >= 11 is 0. The molecule has 4 heteroatoms. The third kappa shape index (κ3) is 12.1. The van der Waals surface area contributed by atoms with Crippen LogP contribution in [0.5, 0.6) is 17.2 Å². The molecule has 1 rings (SSSR count). The van der Waals surface area contributed by atoms with Gasteiger partial charge >= 0.3 is 0 Å². The summed E-state index contributed by atoms with van der Waals surface area (Å²) in [5, 5.41) is 19.4. The molecule has 0 fully saturated rings. The van der Waals surface area contributed by atoms with Crippen LogP contribution in [-0.4, -0.2) is 22.6 Å². The molecule has 0 atom stereocenters. The van der Waals surface area contributed by atoms with Gasteiger partial charge in [-0.1, -0.05) is 103 Å². The molecular weight excluding hydrogens is 376 g/mol. The molecule has 0 bridgehead atoms. The molecule has 1 aromatic carbocycles. The number of carbonyl (C=O) groups excluding carboxylic acids is 1. The maximum Gasteiger partial charge on any atom is 0.167 e. The van der Waals surface area contributed by atoms with Crippen LogP contribution in [0.4, 0.5) is 0 Å². The van der Waals surface area contributed by atoms with Crippen LogP contribution in [0.3, 0.4) is 0 Å². The van der Waals surface area contributed by atoms with Gasteiger partial charge in [-0.15, -0.1) is 0 Å². The van der Waals surface area contributed by atoms with Crippen molar-refractivity contribution in [2.75, 3.05) is 6.61 Å². The fourth-order valence-electron chi connectivity index (χ4n) is 3.89. The lowest BCUT2D eigenvalue weighted by Crippen LogP contribution is -2.03. The Balaban J connectivity index is 1.95. The fraction of sp³-hybridized carbons (Fsp3) is 0.731. The van der Waals surface area contributed by atoms with E-state index in [0.717, 1.165) is 18.9 Å². The molecule has 0 aliphatic carbocycles. The predicted molar refractivity (Wildman–Crippen MR) is 125 cm³/mol. The average molecular weight is 421 g/mol. The van der Waals surface area contributed by atoms with Crippen LogP contribution in [0, 0.1) is 0 Å². The smallest absolute Gasteiger partial charge is 0.167 e. The van der Waals surface area contributed by atoms with E-state index in [2.05, 4.69) is 6.92 Å². The first kappa shape index (κ1) is 26.3. The van der Waals surface area contributed by atoms with Crippen molar-refractivity contribution in [3.8, 4) is 17.2 Å². The van der Waals surface area contributed by atoms with E-state index < -0.39 is 0 Å². The molecule has 0 unspecified atom stereocenters. The zero-order valence-corrected chi connectivity index (χ0v) is 19.4. The van der Waals surface area contributed by atoms with Crippen molar-refractivity contribution in [2.24, 2.45) is 0 Å². The van der Waals surface area contributed by atoms with Crippen LogP contribution < -0.4 is 4.74 Å². The molecule has 0 aliphatic heterocycles. The maximum absolute atomic E-state index is 11.7. The van der Waals surface area contributed by atoms with Crippen LogP contribution in [0.15, 0.2) is 12.1 Å². The van der Waals surface area contributed by atoms with Crippen LogP contribution in [0.1, 0.15) is 127 Å². The Morgan fingerprint density at radius 1 is 0.733 bits per heavy atom. The summed E-state index contributed by atoms with van der Waals surface area (Å²) in [6.07, 6.45) is 21.1. The second-order valence-electron chi connectivity index (χ2n) is 8.55. The summed E-state index contributed by atoms with van der Waals surface area (Å²) in [5.41, 5.74) is 0.143. The van der Waals surface area contributed by atoms with Crippen molar-refractivity contribution in [1.82, 2.24) is 0 Å². The molecule has 0 radical (unpaired) electrons. The number of aromatic hydroxyl groups is 2. The van der Waals surface area contributed by atoms with Gasteiger partial charge in [0.2, 0.25) is 0 Å². The molecule has 0 aliphatic rings. The number of unbranched alkanes of at least 4 members (excludes halogenated alkanes) is 15. The van der Waals surface area contributed by atoms with Crippen molar-refractivity contribution in [3.63, 3.8) is 0 Å². The Labute approximate surface area is 184 Å². The Hall–Kier alpha value is -1.71. The van der Waals surface area contributed by atoms with Gasteiger partial charge in [0.1, 0.15) is 22.8 Å². The van der Waals surface area contributed by atoms with Crippen molar-refractivity contribution in [1.29, 1.82) is 0 Å². The van der Waals surface area contributed by atoms with Crippen LogP contribution in [0.25, 0.3) is 0 Å². The van der Waals surface area contributed by atoms with E-state index >= 15 is 0 Å². The van der Waals surface area contributed by atoms with Crippen molar-refractivity contribution in [2.45, 2.75) is 117 Å². The van der Waals surface area contributed by atoms with Crippen molar-refractivity contribution in [3.05, 3.63) is 17.7 Å². The Kier molecular flexibility index (Phi) is 14.9. The monoisotopic (exact) mass is 420 g/mol. The molecule has 172 valence electrons. The highest BCUT2D eigenvalue weighted by Crippen LogP contribution is 2.33. The van der Waals surface area contributed by atoms with Gasteiger partial charge in [-0.2, -0.15) is 0 Å². The number of phenolic OH excluding ortho intramolecular Hbond substituents is 2. The minimum atomic E-state index is -0.269. The van der Waals surface area contributed by atoms with E-state index in [1.54, 1.807) is 0 Å². The van der Waals surface area contributed by atoms with Gasteiger partial charge in [-0.05, 0) is 13.3 Å². The number of phenols is 2. The topological polar surface area (TPSA) is 66.8 Å². The summed E-state index contributed by atoms with van der Waals surface area (Å²) in [6.45, 7) is 4.14.